The largest absolute Gasteiger partial charge is 0.443 e. The van der Waals surface area contributed by atoms with Gasteiger partial charge in [0, 0.05) is 38.2 Å². The van der Waals surface area contributed by atoms with Gasteiger partial charge in [-0.1, -0.05) is 33.8 Å². The maximum Gasteiger partial charge on any atom is 0.407 e. The molecule has 2 unspecified atom stereocenters. The molecule has 44 heavy (non-hydrogen) atoms. The zero-order valence-corrected chi connectivity index (χ0v) is 26.7. The van der Waals surface area contributed by atoms with Gasteiger partial charge in [-0.3, -0.25) is 9.59 Å². The number of halogens is 1. The Morgan fingerprint density at radius 3 is 2.57 bits per heavy atom. The van der Waals surface area contributed by atoms with Crippen LogP contribution in [0.5, 0.6) is 0 Å². The Balaban J connectivity index is 1.71. The van der Waals surface area contributed by atoms with Crippen molar-refractivity contribution in [3.63, 3.8) is 0 Å². The van der Waals surface area contributed by atoms with Crippen molar-refractivity contribution >= 4 is 29.8 Å². The topological polar surface area (TPSA) is 158 Å². The maximum atomic E-state index is 13.5. The molecule has 1 aromatic carbocycles. The van der Waals surface area contributed by atoms with Gasteiger partial charge in [-0.25, -0.2) is 9.18 Å². The summed E-state index contributed by atoms with van der Waals surface area (Å²) in [4.78, 5) is 51.5. The number of hydrogen-bond acceptors (Lipinski definition) is 9. The van der Waals surface area contributed by atoms with Crippen molar-refractivity contribution in [2.75, 3.05) is 46.0 Å². The number of nitrogens with one attached hydrogen (secondary N) is 3. The molecule has 0 bridgehead atoms. The zero-order valence-electron chi connectivity index (χ0n) is 26.7. The second-order valence-corrected chi connectivity index (χ2v) is 12.2. The van der Waals surface area contributed by atoms with Crippen molar-refractivity contribution in [3.8, 4) is 0 Å². The molecule has 0 radical (unpaired) electrons. The Hall–Kier alpha value is -3.22. The van der Waals surface area contributed by atoms with Gasteiger partial charge < -0.3 is 40.3 Å². The molecule has 0 saturated carbocycles. The minimum Gasteiger partial charge on any atom is -0.443 e. The van der Waals surface area contributed by atoms with Crippen LogP contribution in [0.25, 0.3) is 0 Å². The monoisotopic (exact) mass is 620 g/mol. The molecule has 2 rings (SSSR count). The normalized spacial score (nSPS) is 18.3. The smallest absolute Gasteiger partial charge is 0.407 e. The van der Waals surface area contributed by atoms with E-state index in [0.717, 1.165) is 6.42 Å². The number of aldehydes is 1. The number of ketones is 1. The van der Waals surface area contributed by atoms with Crippen LogP contribution in [0.4, 0.5) is 9.18 Å². The van der Waals surface area contributed by atoms with E-state index < -0.39 is 34.3 Å². The maximum absolute atomic E-state index is 13.5. The van der Waals surface area contributed by atoms with Gasteiger partial charge in [0.15, 0.2) is 0 Å². The molecule has 0 aromatic heterocycles. The van der Waals surface area contributed by atoms with E-state index in [1.807, 2.05) is 13.8 Å². The molecule has 4 N–H and O–H groups in total. The van der Waals surface area contributed by atoms with Crippen LogP contribution in [0.15, 0.2) is 18.2 Å². The molecule has 2 amide bonds. The van der Waals surface area contributed by atoms with Gasteiger partial charge in [0.25, 0.3) is 5.91 Å². The van der Waals surface area contributed by atoms with E-state index in [9.17, 15) is 28.7 Å². The summed E-state index contributed by atoms with van der Waals surface area (Å²) >= 11 is 0. The number of aryl methyl sites for hydroxylation is 1. The number of aliphatic hydroxyl groups is 1. The molecule has 0 aliphatic carbocycles. The van der Waals surface area contributed by atoms with Gasteiger partial charge in [-0.2, -0.15) is 0 Å². The molecule has 1 aliphatic rings. The van der Waals surface area contributed by atoms with Crippen LogP contribution < -0.4 is 10.6 Å². The fourth-order valence-corrected chi connectivity index (χ4v) is 5.09. The molecule has 11 nitrogen and oxygen atoms in total. The Bertz CT molecular complexity index is 1180. The molecule has 1 saturated heterocycles. The van der Waals surface area contributed by atoms with Crippen molar-refractivity contribution in [2.24, 2.45) is 5.41 Å². The fraction of sp³-hybridized carbons (Fsp3) is 0.656. The van der Waals surface area contributed by atoms with Gasteiger partial charge in [0.05, 0.1) is 12.3 Å². The number of hydrogen-bond donors (Lipinski definition) is 4. The van der Waals surface area contributed by atoms with Crippen LogP contribution in [-0.2, 0) is 29.5 Å². The summed E-state index contributed by atoms with van der Waals surface area (Å²) in [6.07, 6.45) is 3.17. The molecule has 12 heteroatoms. The average molecular weight is 621 g/mol. The van der Waals surface area contributed by atoms with E-state index >= 15 is 0 Å². The van der Waals surface area contributed by atoms with Gasteiger partial charge in [0.1, 0.15) is 29.9 Å². The highest BCUT2D eigenvalue weighted by Gasteiger charge is 2.46. The lowest BCUT2D eigenvalue weighted by molar-refractivity contribution is -0.159. The number of piperidine rings is 1. The molecule has 2 atom stereocenters. The lowest BCUT2D eigenvalue weighted by Crippen LogP contribution is -2.61. The van der Waals surface area contributed by atoms with Crippen molar-refractivity contribution < 1.29 is 38.1 Å². The molecule has 246 valence electrons. The SMILES string of the molecule is CCC(C)(C)C(=O)C(=O)N1CCCCC1(C=O)COCCCNC(=O)OCC(=N)CNCC(O)(CC)c1ccc(F)cc1C. The molecular formula is C32H49FN4O7. The number of likely N-dealkylation sites (tertiary alicyclic amines) is 1. The van der Waals surface area contributed by atoms with Gasteiger partial charge in [-0.15, -0.1) is 0 Å². The molecule has 0 spiro atoms. The summed E-state index contributed by atoms with van der Waals surface area (Å²) in [6.45, 7) is 9.53. The van der Waals surface area contributed by atoms with E-state index in [2.05, 4.69) is 10.6 Å². The number of nitrogens with zero attached hydrogens (tertiary/aromatic N) is 1. The number of carbonyl (C=O) groups is 4. The predicted octanol–water partition coefficient (Wildman–Crippen LogP) is 3.43. The molecule has 1 heterocycles. The summed E-state index contributed by atoms with van der Waals surface area (Å²) in [5.41, 5.74) is -1.90. The average Bonchev–Trinajstić information content (AvgIpc) is 3.00. The highest BCUT2D eigenvalue weighted by atomic mass is 19.1. The Labute approximate surface area is 259 Å². The standard InChI is InChI=1S/C32H49FN4O7/c1-6-30(4,5)27(39)28(40)37-15-9-8-13-31(37,21-38)22-43-16-10-14-36-29(41)44-19-25(34)18-35-20-32(42,7-2)26-12-11-24(33)17-23(26)3/h11-12,17,21,34-35,42H,6-10,13-16,18-20,22H2,1-5H3,(H,36,41). The third-order valence-corrected chi connectivity index (χ3v) is 8.43. The van der Waals surface area contributed by atoms with Gasteiger partial charge in [-0.05, 0) is 68.7 Å². The number of alkyl carbamates (subject to hydrolysis) is 1. The first-order valence-corrected chi connectivity index (χ1v) is 15.3. The van der Waals surface area contributed by atoms with Gasteiger partial charge >= 0.3 is 6.09 Å². The summed E-state index contributed by atoms with van der Waals surface area (Å²) in [6, 6.07) is 4.23. The van der Waals surface area contributed by atoms with E-state index in [-0.39, 0.29) is 51.0 Å². The number of ether oxygens (including phenoxy) is 2. The van der Waals surface area contributed by atoms with E-state index in [4.69, 9.17) is 14.9 Å². The number of rotatable bonds is 18. The van der Waals surface area contributed by atoms with Crippen LogP contribution in [0.3, 0.4) is 0 Å². The highest BCUT2D eigenvalue weighted by molar-refractivity contribution is 6.38. The van der Waals surface area contributed by atoms with Crippen molar-refractivity contribution in [1.29, 1.82) is 5.41 Å². The summed E-state index contributed by atoms with van der Waals surface area (Å²) in [7, 11) is 0. The first-order chi connectivity index (χ1) is 20.7. The first kappa shape index (κ1) is 37.0. The van der Waals surface area contributed by atoms with Crippen molar-refractivity contribution in [3.05, 3.63) is 35.1 Å². The van der Waals surface area contributed by atoms with Crippen LogP contribution in [0.1, 0.15) is 77.3 Å². The molecule has 1 aromatic rings. The first-order valence-electron chi connectivity index (χ1n) is 15.3. The Morgan fingerprint density at radius 1 is 1.20 bits per heavy atom. The highest BCUT2D eigenvalue weighted by Crippen LogP contribution is 2.31. The van der Waals surface area contributed by atoms with Crippen molar-refractivity contribution in [1.82, 2.24) is 15.5 Å². The van der Waals surface area contributed by atoms with Crippen LogP contribution in [-0.4, -0.2) is 91.3 Å². The molecular weight excluding hydrogens is 571 g/mol. The number of benzene rings is 1. The van der Waals surface area contributed by atoms with Crippen LogP contribution >= 0.6 is 0 Å². The second-order valence-electron chi connectivity index (χ2n) is 12.2. The van der Waals surface area contributed by atoms with Crippen LogP contribution in [0.2, 0.25) is 0 Å². The molecule has 1 fully saturated rings. The van der Waals surface area contributed by atoms with Crippen molar-refractivity contribution in [2.45, 2.75) is 84.3 Å². The predicted molar refractivity (Wildman–Crippen MR) is 164 cm³/mol. The van der Waals surface area contributed by atoms with Gasteiger partial charge in [0.2, 0.25) is 5.78 Å². The lowest BCUT2D eigenvalue weighted by atomic mass is 9.82. The van der Waals surface area contributed by atoms with E-state index in [1.165, 1.54) is 17.0 Å². The summed E-state index contributed by atoms with van der Waals surface area (Å²) in [5, 5.41) is 24.7. The number of carbonyl (C=O) groups excluding carboxylic acids is 4. The van der Waals surface area contributed by atoms with Crippen LogP contribution in [0, 0.1) is 23.6 Å². The minimum atomic E-state index is -1.24. The third-order valence-electron chi connectivity index (χ3n) is 8.43. The Kier molecular flexibility index (Phi) is 14.1. The number of amides is 2. The quantitative estimate of drug-likeness (QED) is 0.0841. The fourth-order valence-electron chi connectivity index (χ4n) is 5.09. The third kappa shape index (κ3) is 9.90. The van der Waals surface area contributed by atoms with E-state index in [0.29, 0.717) is 56.1 Å². The minimum absolute atomic E-state index is 0.0371. The number of Topliss-reactive ketones (excluding diaryl/α,β-unsaturated/α-hetero) is 1. The zero-order chi connectivity index (χ0) is 33.0. The second kappa shape index (κ2) is 16.7. The molecule has 1 aliphatic heterocycles. The van der Waals surface area contributed by atoms with E-state index in [1.54, 1.807) is 26.8 Å². The lowest BCUT2D eigenvalue weighted by Gasteiger charge is -2.43. The Morgan fingerprint density at radius 2 is 1.93 bits per heavy atom. The summed E-state index contributed by atoms with van der Waals surface area (Å²) in [5.74, 6) is -1.54. The summed E-state index contributed by atoms with van der Waals surface area (Å²) < 4.78 is 24.3.